The summed E-state index contributed by atoms with van der Waals surface area (Å²) in [7, 11) is 0. The van der Waals surface area contributed by atoms with E-state index in [0.717, 1.165) is 12.0 Å². The van der Waals surface area contributed by atoms with Crippen molar-refractivity contribution in [2.75, 3.05) is 6.54 Å². The number of rotatable bonds is 3. The van der Waals surface area contributed by atoms with Gasteiger partial charge in [-0.25, -0.2) is 4.39 Å². The van der Waals surface area contributed by atoms with Gasteiger partial charge >= 0.3 is 0 Å². The number of benzene rings is 1. The fourth-order valence-electron chi connectivity index (χ4n) is 1.03. The second kappa shape index (κ2) is 4.77. The van der Waals surface area contributed by atoms with Crippen molar-refractivity contribution in [3.05, 3.63) is 41.2 Å². The molecule has 0 aliphatic rings. The van der Waals surface area contributed by atoms with Gasteiger partial charge in [0.15, 0.2) is 0 Å². The highest BCUT2D eigenvalue weighted by Crippen LogP contribution is 2.10. The molecule has 0 amide bonds. The summed E-state index contributed by atoms with van der Waals surface area (Å²) in [6.07, 6.45) is 4.66. The zero-order valence-corrected chi connectivity index (χ0v) is 7.76. The minimum absolute atomic E-state index is 0.158. The lowest BCUT2D eigenvalue weighted by molar-refractivity contribution is 0.618. The standard InChI is InChI=1S/C11H14FN/c1-9-5-6-10(8-11(9)12)4-2-3-7-13/h2,4-6,8H,3,7,13H2,1H3/b4-2+. The Hall–Kier alpha value is -1.15. The first-order valence-corrected chi connectivity index (χ1v) is 4.37. The van der Waals surface area contributed by atoms with Gasteiger partial charge in [0, 0.05) is 0 Å². The molecule has 0 saturated heterocycles. The number of aryl methyl sites for hydroxylation is 1. The maximum absolute atomic E-state index is 13.0. The Bertz CT molecular complexity index is 305. The van der Waals surface area contributed by atoms with E-state index in [1.807, 2.05) is 18.2 Å². The van der Waals surface area contributed by atoms with E-state index < -0.39 is 0 Å². The molecule has 0 aromatic heterocycles. The van der Waals surface area contributed by atoms with Gasteiger partial charge in [0.05, 0.1) is 0 Å². The Morgan fingerprint density at radius 3 is 2.85 bits per heavy atom. The summed E-state index contributed by atoms with van der Waals surface area (Å²) < 4.78 is 13.0. The maximum atomic E-state index is 13.0. The van der Waals surface area contributed by atoms with Crippen LogP contribution in [0.4, 0.5) is 4.39 Å². The lowest BCUT2D eigenvalue weighted by Gasteiger charge is -1.97. The molecule has 0 spiro atoms. The van der Waals surface area contributed by atoms with E-state index in [-0.39, 0.29) is 5.82 Å². The Morgan fingerprint density at radius 2 is 2.23 bits per heavy atom. The van der Waals surface area contributed by atoms with Gasteiger partial charge in [-0.15, -0.1) is 0 Å². The van der Waals surface area contributed by atoms with Gasteiger partial charge < -0.3 is 5.73 Å². The van der Waals surface area contributed by atoms with E-state index in [4.69, 9.17) is 5.73 Å². The topological polar surface area (TPSA) is 26.0 Å². The third-order valence-electron chi connectivity index (χ3n) is 1.84. The molecule has 13 heavy (non-hydrogen) atoms. The Morgan fingerprint density at radius 1 is 1.46 bits per heavy atom. The van der Waals surface area contributed by atoms with Crippen molar-refractivity contribution in [2.24, 2.45) is 5.73 Å². The predicted octanol–water partition coefficient (Wildman–Crippen LogP) is 2.50. The zero-order valence-electron chi connectivity index (χ0n) is 7.76. The fraction of sp³-hybridized carbons (Fsp3) is 0.273. The lowest BCUT2D eigenvalue weighted by Crippen LogP contribution is -1.95. The summed E-state index contributed by atoms with van der Waals surface area (Å²) in [4.78, 5) is 0. The van der Waals surface area contributed by atoms with Crippen LogP contribution in [-0.2, 0) is 0 Å². The molecule has 1 nitrogen and oxygen atoms in total. The maximum Gasteiger partial charge on any atom is 0.126 e. The van der Waals surface area contributed by atoms with Crippen LogP contribution in [0.2, 0.25) is 0 Å². The van der Waals surface area contributed by atoms with Gasteiger partial charge in [0.25, 0.3) is 0 Å². The van der Waals surface area contributed by atoms with Gasteiger partial charge in [0.1, 0.15) is 5.82 Å². The highest BCUT2D eigenvalue weighted by molar-refractivity contribution is 5.49. The van der Waals surface area contributed by atoms with Crippen LogP contribution in [0, 0.1) is 12.7 Å². The first-order valence-electron chi connectivity index (χ1n) is 4.37. The predicted molar refractivity (Wildman–Crippen MR) is 53.8 cm³/mol. The minimum atomic E-state index is -0.158. The summed E-state index contributed by atoms with van der Waals surface area (Å²) in [5.74, 6) is -0.158. The summed E-state index contributed by atoms with van der Waals surface area (Å²) in [5, 5.41) is 0. The molecule has 2 N–H and O–H groups in total. The molecule has 0 bridgehead atoms. The van der Waals surface area contributed by atoms with Crippen LogP contribution in [0.3, 0.4) is 0 Å². The molecular weight excluding hydrogens is 165 g/mol. The molecule has 1 aromatic carbocycles. The molecular formula is C11H14FN. The second-order valence-electron chi connectivity index (χ2n) is 2.99. The normalized spacial score (nSPS) is 11.0. The van der Waals surface area contributed by atoms with Crippen LogP contribution in [-0.4, -0.2) is 6.54 Å². The molecule has 0 atom stereocenters. The number of hydrogen-bond donors (Lipinski definition) is 1. The average molecular weight is 179 g/mol. The minimum Gasteiger partial charge on any atom is -0.330 e. The van der Waals surface area contributed by atoms with E-state index in [9.17, 15) is 4.39 Å². The van der Waals surface area contributed by atoms with Crippen LogP contribution in [0.25, 0.3) is 6.08 Å². The molecule has 0 saturated carbocycles. The second-order valence-corrected chi connectivity index (χ2v) is 2.99. The molecule has 70 valence electrons. The number of halogens is 1. The van der Waals surface area contributed by atoms with Crippen molar-refractivity contribution in [3.63, 3.8) is 0 Å². The Labute approximate surface area is 78.1 Å². The van der Waals surface area contributed by atoms with Crippen LogP contribution in [0.1, 0.15) is 17.5 Å². The van der Waals surface area contributed by atoms with E-state index in [1.54, 1.807) is 13.0 Å². The molecule has 0 radical (unpaired) electrons. The van der Waals surface area contributed by atoms with Gasteiger partial charge in [-0.3, -0.25) is 0 Å². The SMILES string of the molecule is Cc1ccc(/C=C/CCN)cc1F. The largest absolute Gasteiger partial charge is 0.330 e. The van der Waals surface area contributed by atoms with Crippen molar-refractivity contribution in [3.8, 4) is 0 Å². The van der Waals surface area contributed by atoms with Gasteiger partial charge in [-0.1, -0.05) is 24.3 Å². The van der Waals surface area contributed by atoms with Crippen LogP contribution in [0.5, 0.6) is 0 Å². The first kappa shape index (κ1) is 9.93. The van der Waals surface area contributed by atoms with Gasteiger partial charge in [-0.2, -0.15) is 0 Å². The lowest BCUT2D eigenvalue weighted by atomic mass is 10.1. The van der Waals surface area contributed by atoms with Crippen molar-refractivity contribution in [1.82, 2.24) is 0 Å². The van der Waals surface area contributed by atoms with Gasteiger partial charge in [-0.05, 0) is 37.1 Å². The molecule has 0 aliphatic heterocycles. The van der Waals surface area contributed by atoms with Gasteiger partial charge in [0.2, 0.25) is 0 Å². The Kier molecular flexibility index (Phi) is 3.65. The number of nitrogens with two attached hydrogens (primary N) is 1. The summed E-state index contributed by atoms with van der Waals surface area (Å²) in [6, 6.07) is 5.20. The van der Waals surface area contributed by atoms with E-state index >= 15 is 0 Å². The highest BCUT2D eigenvalue weighted by Gasteiger charge is 1.95. The van der Waals surface area contributed by atoms with Crippen molar-refractivity contribution in [1.29, 1.82) is 0 Å². The Balaban J connectivity index is 2.73. The van der Waals surface area contributed by atoms with Crippen molar-refractivity contribution in [2.45, 2.75) is 13.3 Å². The first-order chi connectivity index (χ1) is 6.24. The number of hydrogen-bond acceptors (Lipinski definition) is 1. The molecule has 1 rings (SSSR count). The van der Waals surface area contributed by atoms with E-state index in [0.29, 0.717) is 12.1 Å². The van der Waals surface area contributed by atoms with Crippen LogP contribution < -0.4 is 5.73 Å². The molecule has 0 fully saturated rings. The summed E-state index contributed by atoms with van der Waals surface area (Å²) >= 11 is 0. The monoisotopic (exact) mass is 179 g/mol. The average Bonchev–Trinajstić information content (AvgIpc) is 2.12. The van der Waals surface area contributed by atoms with Crippen molar-refractivity contribution < 1.29 is 4.39 Å². The van der Waals surface area contributed by atoms with E-state index in [1.165, 1.54) is 6.07 Å². The summed E-state index contributed by atoms with van der Waals surface area (Å²) in [6.45, 7) is 2.38. The zero-order chi connectivity index (χ0) is 9.68. The molecule has 0 unspecified atom stereocenters. The third-order valence-corrected chi connectivity index (χ3v) is 1.84. The molecule has 1 aromatic rings. The molecule has 0 aliphatic carbocycles. The molecule has 2 heteroatoms. The van der Waals surface area contributed by atoms with E-state index in [2.05, 4.69) is 0 Å². The third kappa shape index (κ3) is 2.99. The fourth-order valence-corrected chi connectivity index (χ4v) is 1.03. The summed E-state index contributed by atoms with van der Waals surface area (Å²) in [5.41, 5.74) is 6.88. The van der Waals surface area contributed by atoms with Crippen LogP contribution >= 0.6 is 0 Å². The smallest absolute Gasteiger partial charge is 0.126 e. The molecule has 0 heterocycles. The quantitative estimate of drug-likeness (QED) is 0.758. The highest BCUT2D eigenvalue weighted by atomic mass is 19.1. The van der Waals surface area contributed by atoms with Crippen molar-refractivity contribution >= 4 is 6.08 Å². The van der Waals surface area contributed by atoms with Crippen LogP contribution in [0.15, 0.2) is 24.3 Å².